The van der Waals surface area contributed by atoms with Gasteiger partial charge in [-0.15, -0.1) is 0 Å². The molecule has 12 nitrogen and oxygen atoms in total. The number of aliphatic hydroxyl groups excluding tert-OH is 3. The Kier molecular flexibility index (Phi) is 40.1. The van der Waals surface area contributed by atoms with Crippen molar-refractivity contribution in [2.45, 2.75) is 288 Å². The van der Waals surface area contributed by atoms with Crippen molar-refractivity contribution in [1.29, 1.82) is 0 Å². The number of unbranched alkanes of at least 4 members (excludes halogenated alkanes) is 32. The molecule has 0 saturated carbocycles. The molecule has 1 aliphatic heterocycles. The van der Waals surface area contributed by atoms with Gasteiger partial charge in [0.1, 0.15) is 36.8 Å². The molecular weight excluding hydrogens is 849 g/mol. The zero-order valence-electron chi connectivity index (χ0n) is 41.4. The average molecular weight is 947 g/mol. The third-order valence-corrected chi connectivity index (χ3v) is 13.3. The summed E-state index contributed by atoms with van der Waals surface area (Å²) in [7, 11) is -4.60. The third kappa shape index (κ3) is 37.0. The molecule has 0 aromatic rings. The lowest BCUT2D eigenvalue weighted by Crippen LogP contribution is -2.60. The number of carbonyl (C=O) groups is 2. The van der Waals surface area contributed by atoms with Gasteiger partial charge < -0.3 is 34.3 Å². The fraction of sp³-hybridized carbons (Fsp3) is 0.923. The number of aliphatic hydroxyl groups is 3. The predicted octanol–water partition coefficient (Wildman–Crippen LogP) is 12.2. The van der Waals surface area contributed by atoms with Crippen LogP contribution in [0.1, 0.15) is 251 Å². The Hall–Kier alpha value is -1.61. The Morgan fingerprint density at radius 1 is 0.508 bits per heavy atom. The fourth-order valence-electron chi connectivity index (χ4n) is 8.44. The van der Waals surface area contributed by atoms with Crippen LogP contribution < -0.4 is 0 Å². The second kappa shape index (κ2) is 42.5. The van der Waals surface area contributed by atoms with Crippen molar-refractivity contribution >= 4 is 22.1 Å². The number of hydrogen-bond donors (Lipinski definition) is 4. The van der Waals surface area contributed by atoms with E-state index < -0.39 is 71.2 Å². The summed E-state index contributed by atoms with van der Waals surface area (Å²) in [6, 6.07) is 0. The lowest BCUT2D eigenvalue weighted by atomic mass is 10.00. The number of ether oxygens (including phenoxy) is 4. The van der Waals surface area contributed by atoms with Crippen molar-refractivity contribution in [3.63, 3.8) is 0 Å². The summed E-state index contributed by atoms with van der Waals surface area (Å²) < 4.78 is 54.2. The van der Waals surface area contributed by atoms with E-state index in [9.17, 15) is 37.9 Å². The summed E-state index contributed by atoms with van der Waals surface area (Å²) in [4.78, 5) is 25.5. The Bertz CT molecular complexity index is 1250. The summed E-state index contributed by atoms with van der Waals surface area (Å²) >= 11 is 0. The molecule has 384 valence electrons. The fourth-order valence-corrected chi connectivity index (χ4v) is 9.13. The Morgan fingerprint density at radius 2 is 0.877 bits per heavy atom. The number of hydrogen-bond acceptors (Lipinski definition) is 11. The van der Waals surface area contributed by atoms with Crippen LogP contribution in [-0.4, -0.2) is 96.0 Å². The van der Waals surface area contributed by atoms with Crippen LogP contribution in [0.15, 0.2) is 12.2 Å². The van der Waals surface area contributed by atoms with Gasteiger partial charge in [0.25, 0.3) is 10.1 Å². The standard InChI is InChI=1S/C52H98O12S/c1-3-5-7-9-11-13-15-17-19-20-21-22-23-24-25-26-27-29-30-32-34-36-38-40-47(53)61-42-45(43-62-52-51(57)50(56)49(55)46(64-52)44-65(58,59)60)63-48(54)41-39-37-35-33-31-28-18-16-14-12-10-8-6-4-2/h16,18,45-46,49-52,55-57H,3-15,17,19-44H2,1-2H3,(H,58,59,60)/b18-16-. The van der Waals surface area contributed by atoms with Gasteiger partial charge in [-0.1, -0.05) is 212 Å². The lowest BCUT2D eigenvalue weighted by Gasteiger charge is -2.40. The van der Waals surface area contributed by atoms with E-state index in [2.05, 4.69) is 26.0 Å². The molecule has 0 spiro atoms. The largest absolute Gasteiger partial charge is 0.462 e. The maximum Gasteiger partial charge on any atom is 0.306 e. The monoisotopic (exact) mass is 947 g/mol. The summed E-state index contributed by atoms with van der Waals surface area (Å²) in [6.45, 7) is 3.79. The van der Waals surface area contributed by atoms with Gasteiger partial charge in [0.05, 0.1) is 6.61 Å². The number of rotatable bonds is 46. The summed E-state index contributed by atoms with van der Waals surface area (Å²) in [5.74, 6) is -1.98. The molecule has 0 amide bonds. The molecule has 1 heterocycles. The molecule has 1 aliphatic rings. The van der Waals surface area contributed by atoms with Crippen LogP contribution in [0, 0.1) is 0 Å². The molecule has 0 aliphatic carbocycles. The molecule has 0 bridgehead atoms. The average Bonchev–Trinajstić information content (AvgIpc) is 3.27. The molecule has 4 N–H and O–H groups in total. The predicted molar refractivity (Wildman–Crippen MR) is 261 cm³/mol. The Morgan fingerprint density at radius 3 is 1.28 bits per heavy atom. The first-order chi connectivity index (χ1) is 31.5. The number of esters is 2. The highest BCUT2D eigenvalue weighted by Crippen LogP contribution is 2.24. The van der Waals surface area contributed by atoms with Crippen LogP contribution in [-0.2, 0) is 38.7 Å². The van der Waals surface area contributed by atoms with Crippen molar-refractivity contribution < 1.29 is 56.8 Å². The third-order valence-electron chi connectivity index (χ3n) is 12.6. The minimum Gasteiger partial charge on any atom is -0.462 e. The zero-order valence-corrected chi connectivity index (χ0v) is 42.2. The first-order valence-electron chi connectivity index (χ1n) is 26.7. The molecular formula is C52H98O12S. The van der Waals surface area contributed by atoms with Crippen molar-refractivity contribution in [3.05, 3.63) is 12.2 Å². The zero-order chi connectivity index (χ0) is 47.6. The second-order valence-electron chi connectivity index (χ2n) is 18.9. The quantitative estimate of drug-likeness (QED) is 0.0196. The van der Waals surface area contributed by atoms with E-state index in [1.807, 2.05) is 0 Å². The summed E-state index contributed by atoms with van der Waals surface area (Å²) in [5, 5.41) is 31.0. The molecule has 0 aromatic heterocycles. The van der Waals surface area contributed by atoms with Crippen molar-refractivity contribution in [2.24, 2.45) is 0 Å². The second-order valence-corrected chi connectivity index (χ2v) is 20.4. The van der Waals surface area contributed by atoms with Gasteiger partial charge in [-0.2, -0.15) is 8.42 Å². The lowest BCUT2D eigenvalue weighted by molar-refractivity contribution is -0.297. The molecule has 1 rings (SSSR count). The summed E-state index contributed by atoms with van der Waals surface area (Å²) in [5.41, 5.74) is 0. The first kappa shape index (κ1) is 61.4. The van der Waals surface area contributed by atoms with Gasteiger partial charge in [-0.25, -0.2) is 0 Å². The van der Waals surface area contributed by atoms with Crippen LogP contribution >= 0.6 is 0 Å². The highest BCUT2D eigenvalue weighted by molar-refractivity contribution is 7.85. The SMILES string of the molecule is CCCCCCC/C=C\CCCCCCCC(=O)OC(COC(=O)CCCCCCCCCCCCCCCCCCCCCCCCC)COC1OC(CS(=O)(=O)O)C(O)C(O)C1O. The molecule has 0 aromatic carbocycles. The van der Waals surface area contributed by atoms with E-state index in [1.54, 1.807) is 0 Å². The van der Waals surface area contributed by atoms with Crippen LogP contribution in [0.4, 0.5) is 0 Å². The van der Waals surface area contributed by atoms with Crippen molar-refractivity contribution in [1.82, 2.24) is 0 Å². The Balaban J connectivity index is 2.30. The van der Waals surface area contributed by atoms with E-state index in [-0.39, 0.29) is 19.4 Å². The summed E-state index contributed by atoms with van der Waals surface area (Å²) in [6.07, 6.45) is 38.3. The van der Waals surface area contributed by atoms with Crippen LogP contribution in [0.3, 0.4) is 0 Å². The molecule has 1 saturated heterocycles. The van der Waals surface area contributed by atoms with E-state index >= 15 is 0 Å². The van der Waals surface area contributed by atoms with E-state index in [4.69, 9.17) is 18.9 Å². The number of carbonyl (C=O) groups excluding carboxylic acids is 2. The topological polar surface area (TPSA) is 186 Å². The van der Waals surface area contributed by atoms with Crippen molar-refractivity contribution in [3.8, 4) is 0 Å². The van der Waals surface area contributed by atoms with E-state index in [0.717, 1.165) is 57.8 Å². The molecule has 1 fully saturated rings. The van der Waals surface area contributed by atoms with Gasteiger partial charge in [0.15, 0.2) is 12.4 Å². The minimum absolute atomic E-state index is 0.159. The highest BCUT2D eigenvalue weighted by atomic mass is 32.2. The van der Waals surface area contributed by atoms with Gasteiger partial charge in [0, 0.05) is 12.8 Å². The van der Waals surface area contributed by atoms with Crippen LogP contribution in [0.2, 0.25) is 0 Å². The van der Waals surface area contributed by atoms with Gasteiger partial charge in [-0.3, -0.25) is 14.1 Å². The van der Waals surface area contributed by atoms with Crippen molar-refractivity contribution in [2.75, 3.05) is 19.0 Å². The van der Waals surface area contributed by atoms with Gasteiger partial charge in [0.2, 0.25) is 0 Å². The molecule has 6 unspecified atom stereocenters. The van der Waals surface area contributed by atoms with Gasteiger partial charge >= 0.3 is 11.9 Å². The van der Waals surface area contributed by atoms with Crippen LogP contribution in [0.5, 0.6) is 0 Å². The first-order valence-corrected chi connectivity index (χ1v) is 28.4. The Labute approximate surface area is 396 Å². The maximum atomic E-state index is 12.8. The minimum atomic E-state index is -4.60. The maximum absolute atomic E-state index is 12.8. The normalized spacial score (nSPS) is 19.5. The van der Waals surface area contributed by atoms with E-state index in [1.165, 1.54) is 154 Å². The van der Waals surface area contributed by atoms with Crippen LogP contribution in [0.25, 0.3) is 0 Å². The smallest absolute Gasteiger partial charge is 0.306 e. The number of allylic oxidation sites excluding steroid dienone is 2. The molecule has 6 atom stereocenters. The van der Waals surface area contributed by atoms with E-state index in [0.29, 0.717) is 12.8 Å². The molecule has 13 heteroatoms. The van der Waals surface area contributed by atoms with Gasteiger partial charge in [-0.05, 0) is 38.5 Å². The molecule has 0 radical (unpaired) electrons. The molecule has 65 heavy (non-hydrogen) atoms. The highest BCUT2D eigenvalue weighted by Gasteiger charge is 2.46.